The first-order valence-electron chi connectivity index (χ1n) is 16.5. The average molecular weight is 636 g/mol. The van der Waals surface area contributed by atoms with Crippen LogP contribution < -0.4 is 4.90 Å². The molecule has 0 N–H and O–H groups in total. The van der Waals surface area contributed by atoms with Gasteiger partial charge in [0.25, 0.3) is 7.41 Å². The molecule has 6 rings (SSSR count). The van der Waals surface area contributed by atoms with Gasteiger partial charge in [-0.1, -0.05) is 71.7 Å². The second kappa shape index (κ2) is 12.2. The summed E-state index contributed by atoms with van der Waals surface area (Å²) in [6, 6.07) is 11.3. The zero-order chi connectivity index (χ0) is 33.1. The molecule has 2 fully saturated rings. The van der Waals surface area contributed by atoms with Gasteiger partial charge in [-0.2, -0.15) is 0 Å². The molecule has 4 heterocycles. The quantitative estimate of drug-likeness (QED) is 0.117. The van der Waals surface area contributed by atoms with Crippen molar-refractivity contribution >= 4 is 49.0 Å². The van der Waals surface area contributed by atoms with Crippen molar-refractivity contribution in [2.75, 3.05) is 11.4 Å². The van der Waals surface area contributed by atoms with E-state index in [1.54, 1.807) is 25.7 Å². The molecule has 2 saturated heterocycles. The van der Waals surface area contributed by atoms with Crippen LogP contribution in [-0.2, 0) is 4.79 Å². The van der Waals surface area contributed by atoms with Crippen LogP contribution in [0.4, 0.5) is 14.5 Å². The molecule has 4 aromatic rings. The lowest BCUT2D eigenvalue weighted by Crippen LogP contribution is -2.68. The molecule has 3 atom stereocenters. The van der Waals surface area contributed by atoms with Crippen molar-refractivity contribution < 1.29 is 13.6 Å². The molecular formula is C37H42BF2N4OSi. The fourth-order valence-corrected chi connectivity index (χ4v) is 13.9. The Hall–Kier alpha value is -3.61. The molecule has 2 aliphatic rings. The minimum atomic E-state index is -2.16. The summed E-state index contributed by atoms with van der Waals surface area (Å²) in [4.78, 5) is 25.0. The Morgan fingerprint density at radius 2 is 1.78 bits per heavy atom. The van der Waals surface area contributed by atoms with Gasteiger partial charge in [0.05, 0.1) is 17.4 Å². The van der Waals surface area contributed by atoms with Crippen LogP contribution in [0, 0.1) is 30.0 Å². The molecule has 237 valence electrons. The van der Waals surface area contributed by atoms with Gasteiger partial charge in [0.15, 0.2) is 5.82 Å². The number of pyridine rings is 2. The van der Waals surface area contributed by atoms with Crippen molar-refractivity contribution in [3.05, 3.63) is 65.5 Å². The third-order valence-corrected chi connectivity index (χ3v) is 17.0. The number of carbonyl (C=O) groups excluding carboxylic acids is 1. The normalized spacial score (nSPS) is 19.9. The summed E-state index contributed by atoms with van der Waals surface area (Å²) in [6.45, 7) is 18.2. The summed E-state index contributed by atoms with van der Waals surface area (Å²) in [5.74, 6) is 2.39. The Morgan fingerprint density at radius 1 is 1.07 bits per heavy atom. The number of aryl methyl sites for hydroxylation is 1. The number of hydrogen-bond donors (Lipinski definition) is 0. The number of hydrogen-bond acceptors (Lipinski definition) is 5. The Kier molecular flexibility index (Phi) is 8.58. The van der Waals surface area contributed by atoms with E-state index in [0.717, 1.165) is 30.2 Å². The van der Waals surface area contributed by atoms with E-state index in [1.165, 1.54) is 6.07 Å². The van der Waals surface area contributed by atoms with Gasteiger partial charge in [-0.15, -0.1) is 5.54 Å². The molecule has 0 saturated carbocycles. The Bertz CT molecular complexity index is 1880. The standard InChI is InChI=1S/C37H42BF2N4OSi/c1-21(2)46(22(3)4,23(5)6)17-15-27-30(39)13-12-26-10-9-11-28(33(26)27)35-34(40)36-29(19-41-35)32(18-24(7)42-36)44-25(8)37-31(44)14-16-43(37)38-20-45/h9-13,18-23,25,31,37H,14,16H2,1-8H3/t25-,31+,37+/m0/s1. The molecule has 2 aromatic carbocycles. The van der Waals surface area contributed by atoms with Gasteiger partial charge >= 0.3 is 0 Å². The van der Waals surface area contributed by atoms with Crippen molar-refractivity contribution in [2.45, 2.75) is 96.6 Å². The smallest absolute Gasteiger partial charge is 0.293 e. The van der Waals surface area contributed by atoms with Crippen molar-refractivity contribution in [1.82, 2.24) is 14.8 Å². The van der Waals surface area contributed by atoms with Gasteiger partial charge in [-0.05, 0) is 61.0 Å². The van der Waals surface area contributed by atoms with E-state index in [9.17, 15) is 4.79 Å². The number of fused-ring (bicyclic) bond motifs is 3. The number of aromatic nitrogens is 2. The van der Waals surface area contributed by atoms with E-state index in [-0.39, 0.29) is 29.3 Å². The van der Waals surface area contributed by atoms with Crippen molar-refractivity contribution in [2.24, 2.45) is 0 Å². The van der Waals surface area contributed by atoms with Crippen LogP contribution in [0.15, 0.2) is 42.6 Å². The summed E-state index contributed by atoms with van der Waals surface area (Å²) in [6.07, 6.45) is 3.46. The third-order valence-electron chi connectivity index (χ3n) is 10.7. The van der Waals surface area contributed by atoms with Crippen LogP contribution >= 0.6 is 0 Å². The summed E-state index contributed by atoms with van der Waals surface area (Å²) in [7, 11) is -0.535. The summed E-state index contributed by atoms with van der Waals surface area (Å²) in [5.41, 5.74) is 7.62. The van der Waals surface area contributed by atoms with Crippen molar-refractivity contribution in [3.63, 3.8) is 0 Å². The number of anilines is 1. The lowest BCUT2D eigenvalue weighted by molar-refractivity contribution is 0.238. The number of benzene rings is 2. The van der Waals surface area contributed by atoms with E-state index in [4.69, 9.17) is 4.98 Å². The topological polar surface area (TPSA) is 49.3 Å². The number of nitrogens with zero attached hydrogens (tertiary/aromatic N) is 4. The molecule has 5 nitrogen and oxygen atoms in total. The summed E-state index contributed by atoms with van der Waals surface area (Å²) >= 11 is 0. The van der Waals surface area contributed by atoms with Gasteiger partial charge in [0.1, 0.15) is 25.1 Å². The molecule has 0 bridgehead atoms. The molecular weight excluding hydrogens is 593 g/mol. The molecule has 0 aliphatic carbocycles. The first kappa shape index (κ1) is 32.3. The molecule has 9 heteroatoms. The predicted molar refractivity (Wildman–Crippen MR) is 188 cm³/mol. The zero-order valence-electron chi connectivity index (χ0n) is 28.0. The third kappa shape index (κ3) is 4.96. The summed E-state index contributed by atoms with van der Waals surface area (Å²) < 4.78 is 32.5. The Labute approximate surface area is 273 Å². The molecule has 2 aromatic heterocycles. The summed E-state index contributed by atoms with van der Waals surface area (Å²) in [5, 5.41) is 2.00. The van der Waals surface area contributed by atoms with Gasteiger partial charge in [-0.3, -0.25) is 4.98 Å². The molecule has 0 amide bonds. The van der Waals surface area contributed by atoms with Crippen molar-refractivity contribution in [3.8, 4) is 22.7 Å². The largest absolute Gasteiger partial charge is 0.362 e. The molecule has 0 spiro atoms. The number of halogens is 2. The van der Waals surface area contributed by atoms with Gasteiger partial charge < -0.3 is 14.5 Å². The highest BCUT2D eigenvalue weighted by Crippen LogP contribution is 2.45. The maximum Gasteiger partial charge on any atom is 0.293 e. The lowest BCUT2D eigenvalue weighted by atomic mass is 9.82. The maximum atomic E-state index is 16.8. The van der Waals surface area contributed by atoms with Crippen LogP contribution in [0.1, 0.15) is 66.1 Å². The van der Waals surface area contributed by atoms with E-state index in [0.29, 0.717) is 44.2 Å². The zero-order valence-corrected chi connectivity index (χ0v) is 29.0. The minimum Gasteiger partial charge on any atom is -0.362 e. The van der Waals surface area contributed by atoms with Crippen LogP contribution in [0.25, 0.3) is 32.9 Å². The van der Waals surface area contributed by atoms with Gasteiger partial charge in [-0.25, -0.2) is 13.8 Å². The van der Waals surface area contributed by atoms with Gasteiger partial charge in [0, 0.05) is 46.4 Å². The maximum absolute atomic E-state index is 16.8. The number of carbonyl (C=O) groups is 1. The second-order valence-corrected chi connectivity index (χ2v) is 19.5. The van der Waals surface area contributed by atoms with Crippen LogP contribution in [0.3, 0.4) is 0 Å². The van der Waals surface area contributed by atoms with Crippen LogP contribution in [0.2, 0.25) is 16.6 Å². The molecule has 1 radical (unpaired) electrons. The highest BCUT2D eigenvalue weighted by atomic mass is 28.3. The Balaban J connectivity index is 1.51. The van der Waals surface area contributed by atoms with Crippen LogP contribution in [-0.4, -0.2) is 61.1 Å². The fraction of sp³-hybridized carbons (Fsp3) is 0.432. The molecule has 46 heavy (non-hydrogen) atoms. The first-order valence-corrected chi connectivity index (χ1v) is 18.7. The lowest BCUT2D eigenvalue weighted by Gasteiger charge is -2.54. The van der Waals surface area contributed by atoms with Crippen molar-refractivity contribution in [1.29, 1.82) is 0 Å². The monoisotopic (exact) mass is 635 g/mol. The van der Waals surface area contributed by atoms with Crippen LogP contribution in [0.5, 0.6) is 0 Å². The number of rotatable bonds is 7. The highest BCUT2D eigenvalue weighted by molar-refractivity contribution is 6.90. The first-order chi connectivity index (χ1) is 21.9. The fourth-order valence-electron chi connectivity index (χ4n) is 8.68. The molecule has 2 aliphatic heterocycles. The van der Waals surface area contributed by atoms with E-state index in [2.05, 4.69) is 74.6 Å². The SMILES string of the molecule is Cc1cc(N2[C@@H]3CCN([B]C=O)[C@@H]3[C@@H]2C)c2cnc(-c3cccc4ccc(F)c(C#C[Si](C(C)C)(C(C)C)C(C)C)c34)c(F)c2n1. The van der Waals surface area contributed by atoms with Gasteiger partial charge in [0.2, 0.25) is 0 Å². The van der Waals surface area contributed by atoms with E-state index in [1.807, 2.05) is 25.1 Å². The Morgan fingerprint density at radius 3 is 2.46 bits per heavy atom. The van der Waals surface area contributed by atoms with E-state index >= 15 is 8.78 Å². The average Bonchev–Trinajstić information content (AvgIpc) is 3.36. The molecule has 0 unspecified atom stereocenters. The predicted octanol–water partition coefficient (Wildman–Crippen LogP) is 8.07. The second-order valence-electron chi connectivity index (χ2n) is 14.0. The highest BCUT2D eigenvalue weighted by Gasteiger charge is 2.52. The minimum absolute atomic E-state index is 0.136. The van der Waals surface area contributed by atoms with E-state index < -0.39 is 19.7 Å².